The van der Waals surface area contributed by atoms with Crippen molar-refractivity contribution in [3.8, 4) is 0 Å². The normalized spacial score (nSPS) is 11.2. The van der Waals surface area contributed by atoms with Crippen molar-refractivity contribution in [2.75, 3.05) is 0 Å². The second-order valence-electron chi connectivity index (χ2n) is 5.48. The van der Waals surface area contributed by atoms with E-state index in [-0.39, 0.29) is 0 Å². The van der Waals surface area contributed by atoms with Gasteiger partial charge in [-0.3, -0.25) is 0 Å². The lowest BCUT2D eigenvalue weighted by Gasteiger charge is -2.00. The maximum absolute atomic E-state index is 2.38. The molecule has 0 nitrogen and oxygen atoms in total. The molecule has 0 fully saturated rings. The lowest BCUT2D eigenvalue weighted by atomic mass is 10.1. The fraction of sp³-hybridized carbons (Fsp3) is 0.556. The number of benzene rings is 1. The quantitative estimate of drug-likeness (QED) is 0.453. The highest BCUT2D eigenvalue weighted by molar-refractivity contribution is 7.19. The van der Waals surface area contributed by atoms with Crippen molar-refractivity contribution in [3.05, 3.63) is 35.2 Å². The molecule has 104 valence electrons. The summed E-state index contributed by atoms with van der Waals surface area (Å²) in [5.41, 5.74) is 0. The molecule has 2 aromatic rings. The number of hydrogen-bond acceptors (Lipinski definition) is 1. The Hall–Kier alpha value is -0.820. The summed E-state index contributed by atoms with van der Waals surface area (Å²) in [7, 11) is 0. The fourth-order valence-corrected chi connectivity index (χ4v) is 3.70. The Morgan fingerprint density at radius 1 is 0.842 bits per heavy atom. The van der Waals surface area contributed by atoms with Crippen molar-refractivity contribution < 1.29 is 0 Å². The molecule has 1 aromatic heterocycles. The zero-order valence-electron chi connectivity index (χ0n) is 12.2. The SMILES string of the molecule is CCCCCCCCCCc1cc2ccccc2s1. The van der Waals surface area contributed by atoms with Crippen LogP contribution in [-0.2, 0) is 6.42 Å². The summed E-state index contributed by atoms with van der Waals surface area (Å²) in [6.45, 7) is 2.28. The molecule has 19 heavy (non-hydrogen) atoms. The second kappa shape index (κ2) is 8.37. The Morgan fingerprint density at radius 3 is 2.26 bits per heavy atom. The third kappa shape index (κ3) is 4.99. The van der Waals surface area contributed by atoms with E-state index in [9.17, 15) is 0 Å². The summed E-state index contributed by atoms with van der Waals surface area (Å²) in [5, 5.41) is 1.42. The molecule has 0 spiro atoms. The number of rotatable bonds is 9. The summed E-state index contributed by atoms with van der Waals surface area (Å²) >= 11 is 1.97. The summed E-state index contributed by atoms with van der Waals surface area (Å²) in [6, 6.07) is 11.1. The van der Waals surface area contributed by atoms with E-state index >= 15 is 0 Å². The van der Waals surface area contributed by atoms with E-state index in [4.69, 9.17) is 0 Å². The summed E-state index contributed by atoms with van der Waals surface area (Å²) in [5.74, 6) is 0. The minimum Gasteiger partial charge on any atom is -0.140 e. The predicted octanol–water partition coefficient (Wildman–Crippen LogP) is 6.58. The van der Waals surface area contributed by atoms with E-state index in [1.54, 1.807) is 4.88 Å². The van der Waals surface area contributed by atoms with Crippen LogP contribution in [0.5, 0.6) is 0 Å². The molecule has 1 heterocycles. The third-order valence-corrected chi connectivity index (χ3v) is 4.93. The van der Waals surface area contributed by atoms with E-state index in [1.807, 2.05) is 11.3 Å². The summed E-state index contributed by atoms with van der Waals surface area (Å²) < 4.78 is 1.44. The molecule has 0 radical (unpaired) electrons. The van der Waals surface area contributed by atoms with Gasteiger partial charge in [-0.2, -0.15) is 0 Å². The van der Waals surface area contributed by atoms with Crippen molar-refractivity contribution >= 4 is 21.4 Å². The molecule has 0 saturated carbocycles. The van der Waals surface area contributed by atoms with Crippen LogP contribution in [0.15, 0.2) is 30.3 Å². The van der Waals surface area contributed by atoms with Crippen molar-refractivity contribution in [2.24, 2.45) is 0 Å². The van der Waals surface area contributed by atoms with Gasteiger partial charge < -0.3 is 0 Å². The van der Waals surface area contributed by atoms with Crippen molar-refractivity contribution in [2.45, 2.75) is 64.7 Å². The van der Waals surface area contributed by atoms with Crippen LogP contribution >= 0.6 is 11.3 Å². The molecule has 0 aliphatic rings. The maximum atomic E-state index is 2.38. The molecule has 0 amide bonds. The van der Waals surface area contributed by atoms with Crippen molar-refractivity contribution in [3.63, 3.8) is 0 Å². The molecule has 0 unspecified atom stereocenters. The number of fused-ring (bicyclic) bond motifs is 1. The average molecular weight is 274 g/mol. The first-order valence-electron chi connectivity index (χ1n) is 7.87. The molecule has 0 atom stereocenters. The highest BCUT2D eigenvalue weighted by atomic mass is 32.1. The van der Waals surface area contributed by atoms with Crippen LogP contribution in [0.25, 0.3) is 10.1 Å². The molecule has 0 N–H and O–H groups in total. The Labute approximate surface area is 121 Å². The first-order chi connectivity index (χ1) is 9.40. The Balaban J connectivity index is 1.60. The fourth-order valence-electron chi connectivity index (χ4n) is 2.59. The lowest BCUT2D eigenvalue weighted by Crippen LogP contribution is -1.83. The zero-order chi connectivity index (χ0) is 13.3. The van der Waals surface area contributed by atoms with Gasteiger partial charge in [0.1, 0.15) is 0 Å². The minimum absolute atomic E-state index is 1.27. The van der Waals surface area contributed by atoms with Gasteiger partial charge in [0.05, 0.1) is 0 Å². The standard InChI is InChI=1S/C18H26S/c1-2-3-4-5-6-7-8-9-13-17-15-16-12-10-11-14-18(16)19-17/h10-12,14-15H,2-9,13H2,1H3. The molecule has 2 rings (SSSR count). The number of aryl methyl sites for hydroxylation is 1. The average Bonchev–Trinajstić information content (AvgIpc) is 2.84. The van der Waals surface area contributed by atoms with Gasteiger partial charge in [-0.25, -0.2) is 0 Å². The van der Waals surface area contributed by atoms with E-state index in [0.29, 0.717) is 0 Å². The third-order valence-electron chi connectivity index (χ3n) is 3.75. The van der Waals surface area contributed by atoms with Gasteiger partial charge >= 0.3 is 0 Å². The van der Waals surface area contributed by atoms with E-state index in [2.05, 4.69) is 37.3 Å². The zero-order valence-corrected chi connectivity index (χ0v) is 13.0. The maximum Gasteiger partial charge on any atom is 0.0345 e. The first-order valence-corrected chi connectivity index (χ1v) is 8.69. The van der Waals surface area contributed by atoms with Crippen molar-refractivity contribution in [1.82, 2.24) is 0 Å². The smallest absolute Gasteiger partial charge is 0.0345 e. The van der Waals surface area contributed by atoms with E-state index in [1.165, 1.54) is 67.9 Å². The molecule has 1 aromatic carbocycles. The lowest BCUT2D eigenvalue weighted by molar-refractivity contribution is 0.576. The minimum atomic E-state index is 1.27. The molecule has 0 bridgehead atoms. The Morgan fingerprint density at radius 2 is 1.53 bits per heavy atom. The monoisotopic (exact) mass is 274 g/mol. The van der Waals surface area contributed by atoms with Crippen LogP contribution in [0.2, 0.25) is 0 Å². The predicted molar refractivity (Wildman–Crippen MR) is 88.1 cm³/mol. The summed E-state index contributed by atoms with van der Waals surface area (Å²) in [4.78, 5) is 1.56. The van der Waals surface area contributed by atoms with Crippen molar-refractivity contribution in [1.29, 1.82) is 0 Å². The number of thiophene rings is 1. The van der Waals surface area contributed by atoms with Gasteiger partial charge in [-0.05, 0) is 30.4 Å². The van der Waals surface area contributed by atoms with Gasteiger partial charge in [0.25, 0.3) is 0 Å². The summed E-state index contributed by atoms with van der Waals surface area (Å²) in [6.07, 6.45) is 12.5. The van der Waals surface area contributed by atoms with Crippen LogP contribution in [0.1, 0.15) is 63.2 Å². The van der Waals surface area contributed by atoms with Gasteiger partial charge in [-0.15, -0.1) is 11.3 Å². The van der Waals surface area contributed by atoms with E-state index in [0.717, 1.165) is 0 Å². The molecule has 1 heteroatoms. The molecule has 0 saturated heterocycles. The first kappa shape index (κ1) is 14.6. The molecular weight excluding hydrogens is 248 g/mol. The Bertz CT molecular complexity index is 436. The molecule has 0 aliphatic carbocycles. The van der Waals surface area contributed by atoms with Gasteiger partial charge in [0.2, 0.25) is 0 Å². The topological polar surface area (TPSA) is 0 Å². The van der Waals surface area contributed by atoms with Crippen LogP contribution < -0.4 is 0 Å². The molecular formula is C18H26S. The Kier molecular flexibility index (Phi) is 6.43. The van der Waals surface area contributed by atoms with Crippen LogP contribution in [0, 0.1) is 0 Å². The van der Waals surface area contributed by atoms with Crippen LogP contribution in [0.3, 0.4) is 0 Å². The highest BCUT2D eigenvalue weighted by Crippen LogP contribution is 2.26. The van der Waals surface area contributed by atoms with Crippen LogP contribution in [0.4, 0.5) is 0 Å². The number of hydrogen-bond donors (Lipinski definition) is 0. The van der Waals surface area contributed by atoms with Gasteiger partial charge in [0, 0.05) is 9.58 Å². The highest BCUT2D eigenvalue weighted by Gasteiger charge is 2.00. The van der Waals surface area contributed by atoms with Gasteiger partial charge in [-0.1, -0.05) is 70.1 Å². The van der Waals surface area contributed by atoms with Crippen LogP contribution in [-0.4, -0.2) is 0 Å². The largest absolute Gasteiger partial charge is 0.140 e. The van der Waals surface area contributed by atoms with E-state index < -0.39 is 0 Å². The van der Waals surface area contributed by atoms with Gasteiger partial charge in [0.15, 0.2) is 0 Å². The second-order valence-corrected chi connectivity index (χ2v) is 6.64. The number of unbranched alkanes of at least 4 members (excludes halogenated alkanes) is 7. The molecule has 0 aliphatic heterocycles.